The maximum atomic E-state index is 12.6. The molecule has 0 unspecified atom stereocenters. The number of thioether (sulfide) groups is 1. The lowest BCUT2D eigenvalue weighted by Crippen LogP contribution is -2.32. The third-order valence-corrected chi connectivity index (χ3v) is 10.5. The largest absolute Gasteiger partial charge is 0.481 e. The number of amides is 2. The highest BCUT2D eigenvalue weighted by Crippen LogP contribution is 2.42. The summed E-state index contributed by atoms with van der Waals surface area (Å²) in [6.45, 7) is 7.61. The number of hydrogen-bond acceptors (Lipinski definition) is 6. The number of aliphatic hydroxyl groups excluding tert-OH is 1. The van der Waals surface area contributed by atoms with E-state index in [9.17, 15) is 34.5 Å². The Hall–Kier alpha value is -3.77. The van der Waals surface area contributed by atoms with Crippen molar-refractivity contribution >= 4 is 35.5 Å². The Labute approximate surface area is 266 Å². The number of aliphatic hydroxyl groups is 1. The van der Waals surface area contributed by atoms with Gasteiger partial charge in [0.2, 0.25) is 11.8 Å². The Bertz CT molecular complexity index is 1610. The van der Waals surface area contributed by atoms with E-state index in [1.807, 2.05) is 39.5 Å². The summed E-state index contributed by atoms with van der Waals surface area (Å²) in [4.78, 5) is 55.4. The van der Waals surface area contributed by atoms with Gasteiger partial charge in [-0.15, -0.1) is 0 Å². The van der Waals surface area contributed by atoms with Gasteiger partial charge in [-0.3, -0.25) is 19.2 Å². The quantitative estimate of drug-likeness (QED) is 0.145. The van der Waals surface area contributed by atoms with Crippen molar-refractivity contribution in [3.63, 3.8) is 0 Å². The number of H-pyrrole nitrogens is 2. The lowest BCUT2D eigenvalue weighted by Gasteiger charge is -2.14. The molecule has 7 N–H and O–H groups in total. The van der Waals surface area contributed by atoms with Crippen LogP contribution >= 0.6 is 11.8 Å². The van der Waals surface area contributed by atoms with Crippen LogP contribution in [0.4, 0.5) is 0 Å². The third-order valence-electron chi connectivity index (χ3n) is 9.57. The van der Waals surface area contributed by atoms with E-state index in [1.54, 1.807) is 0 Å². The predicted molar refractivity (Wildman–Crippen MR) is 170 cm³/mol. The molecule has 2 amide bonds. The van der Waals surface area contributed by atoms with Gasteiger partial charge < -0.3 is 35.9 Å². The lowest BCUT2D eigenvalue weighted by molar-refractivity contribution is -0.138. The van der Waals surface area contributed by atoms with Gasteiger partial charge in [0.1, 0.15) is 0 Å². The molecule has 3 aliphatic rings. The normalized spacial score (nSPS) is 21.1. The van der Waals surface area contributed by atoms with Gasteiger partial charge in [0.05, 0.1) is 12.1 Å². The van der Waals surface area contributed by atoms with Crippen LogP contribution in [0.5, 0.6) is 0 Å². The van der Waals surface area contributed by atoms with E-state index in [-0.39, 0.29) is 43.3 Å². The second-order valence-corrected chi connectivity index (χ2v) is 13.6. The summed E-state index contributed by atoms with van der Waals surface area (Å²) in [5, 5.41) is 34.9. The van der Waals surface area contributed by atoms with Gasteiger partial charge in [0.15, 0.2) is 0 Å². The molecule has 0 bridgehead atoms. The molecule has 0 aliphatic carbocycles. The first-order valence-electron chi connectivity index (χ1n) is 15.5. The number of aromatic amines is 2. The summed E-state index contributed by atoms with van der Waals surface area (Å²) in [6, 6.07) is -0.354. The number of hydrogen-bond donors (Lipinski definition) is 7. The molecule has 1 fully saturated rings. The SMILES string of the molecule is CC1=C([C@@H]2CS2)[C@H](Cc2[nH]c(Cc3[nH]c(C[C@H]4NC(=O)C(CCO)=C4C)c(C)c3CCC(=O)O)c(CCC(=O)O)c2C)NC1=O. The number of carboxylic acids is 2. The molecule has 3 atom stereocenters. The zero-order valence-corrected chi connectivity index (χ0v) is 27.0. The second kappa shape index (κ2) is 13.3. The minimum Gasteiger partial charge on any atom is -0.481 e. The van der Waals surface area contributed by atoms with Crippen molar-refractivity contribution in [3.05, 3.63) is 67.3 Å². The van der Waals surface area contributed by atoms with Crippen LogP contribution in [-0.2, 0) is 51.3 Å². The van der Waals surface area contributed by atoms with Crippen LogP contribution in [-0.4, -0.2) is 78.7 Å². The summed E-state index contributed by atoms with van der Waals surface area (Å²) in [7, 11) is 0. The summed E-state index contributed by atoms with van der Waals surface area (Å²) in [5.74, 6) is -0.993. The number of rotatable bonds is 15. The fraction of sp³-hybridized carbons (Fsp3) is 0.515. The molecule has 5 heterocycles. The topological polar surface area (TPSA) is 185 Å². The van der Waals surface area contributed by atoms with E-state index in [4.69, 9.17) is 0 Å². The van der Waals surface area contributed by atoms with Gasteiger partial charge in [-0.1, -0.05) is 0 Å². The smallest absolute Gasteiger partial charge is 0.303 e. The number of aliphatic carboxylic acids is 2. The minimum absolute atomic E-state index is 0.0295. The Morgan fingerprint density at radius 1 is 0.778 bits per heavy atom. The van der Waals surface area contributed by atoms with E-state index in [1.165, 1.54) is 0 Å². The van der Waals surface area contributed by atoms with Gasteiger partial charge in [-0.2, -0.15) is 11.8 Å². The van der Waals surface area contributed by atoms with Gasteiger partial charge in [0, 0.05) is 90.1 Å². The molecule has 0 aromatic carbocycles. The van der Waals surface area contributed by atoms with Gasteiger partial charge in [0.25, 0.3) is 0 Å². The molecule has 1 saturated heterocycles. The third kappa shape index (κ3) is 6.91. The summed E-state index contributed by atoms with van der Waals surface area (Å²) in [5.41, 5.74) is 10.8. The van der Waals surface area contributed by atoms with Crippen molar-refractivity contribution < 1.29 is 34.5 Å². The highest BCUT2D eigenvalue weighted by Gasteiger charge is 2.40. The molecule has 2 aromatic heterocycles. The summed E-state index contributed by atoms with van der Waals surface area (Å²) >= 11 is 1.83. The molecular formula is C33H42N4O7S. The number of aromatic nitrogens is 2. The highest BCUT2D eigenvalue weighted by molar-refractivity contribution is 8.07. The average molecular weight is 639 g/mol. The Morgan fingerprint density at radius 2 is 1.29 bits per heavy atom. The number of nitrogens with one attached hydrogen (secondary N) is 4. The predicted octanol–water partition coefficient (Wildman–Crippen LogP) is 2.80. The highest BCUT2D eigenvalue weighted by atomic mass is 32.2. The number of carbonyl (C=O) groups is 4. The van der Waals surface area contributed by atoms with Crippen LogP contribution in [0.3, 0.4) is 0 Å². The average Bonchev–Trinajstić information content (AvgIpc) is 3.56. The Morgan fingerprint density at radius 3 is 1.78 bits per heavy atom. The van der Waals surface area contributed by atoms with Crippen LogP contribution in [0.25, 0.3) is 0 Å². The molecule has 12 heteroatoms. The van der Waals surface area contributed by atoms with E-state index >= 15 is 0 Å². The molecule has 242 valence electrons. The van der Waals surface area contributed by atoms with Crippen LogP contribution in [0, 0.1) is 13.8 Å². The number of carboxylic acid groups (broad SMARTS) is 2. The Balaban J connectivity index is 1.47. The molecule has 11 nitrogen and oxygen atoms in total. The standard InChI is InChI=1S/C33H42N4O7S/c1-15-19(5-7-29(39)40)25(34-22(15)11-24-17(3)21(9-10-38)33(44)36-24)13-26-20(6-8-30(41)42)16(2)23(35-26)12-27-31(28-14-45-28)18(4)32(43)37-27/h24,27-28,34-35,38H,5-14H2,1-4H3,(H,36,44)(H,37,43)(H,39,40)(H,41,42)/t24-,27+,28+/m1/s1. The lowest BCUT2D eigenvalue weighted by atomic mass is 9.95. The van der Waals surface area contributed by atoms with Crippen LogP contribution in [0.2, 0.25) is 0 Å². The fourth-order valence-corrected chi connectivity index (χ4v) is 7.71. The molecule has 2 aromatic rings. The van der Waals surface area contributed by atoms with Gasteiger partial charge in [-0.05, 0) is 73.9 Å². The van der Waals surface area contributed by atoms with Gasteiger partial charge in [-0.25, -0.2) is 0 Å². The van der Waals surface area contributed by atoms with Crippen molar-refractivity contribution in [2.24, 2.45) is 0 Å². The van der Waals surface area contributed by atoms with Crippen molar-refractivity contribution in [2.45, 2.75) is 96.4 Å². The van der Waals surface area contributed by atoms with Crippen LogP contribution in [0.15, 0.2) is 22.3 Å². The first-order valence-corrected chi connectivity index (χ1v) is 16.5. The Kier molecular flexibility index (Phi) is 9.64. The molecule has 45 heavy (non-hydrogen) atoms. The minimum atomic E-state index is -0.898. The summed E-state index contributed by atoms with van der Waals surface area (Å²) in [6.07, 6.45) is 2.38. The zero-order chi connectivity index (χ0) is 32.6. The fourth-order valence-electron chi connectivity index (χ4n) is 6.92. The van der Waals surface area contributed by atoms with Crippen molar-refractivity contribution in [1.82, 2.24) is 20.6 Å². The van der Waals surface area contributed by atoms with E-state index in [0.717, 1.165) is 67.5 Å². The van der Waals surface area contributed by atoms with E-state index in [0.29, 0.717) is 49.3 Å². The molecule has 0 radical (unpaired) electrons. The van der Waals surface area contributed by atoms with Gasteiger partial charge >= 0.3 is 11.9 Å². The maximum absolute atomic E-state index is 12.6. The number of carbonyl (C=O) groups excluding carboxylic acids is 2. The first-order chi connectivity index (χ1) is 21.4. The van der Waals surface area contributed by atoms with E-state index < -0.39 is 11.9 Å². The van der Waals surface area contributed by atoms with Crippen molar-refractivity contribution in [1.29, 1.82) is 0 Å². The van der Waals surface area contributed by atoms with Crippen molar-refractivity contribution in [3.8, 4) is 0 Å². The maximum Gasteiger partial charge on any atom is 0.303 e. The van der Waals surface area contributed by atoms with Crippen LogP contribution in [0.1, 0.15) is 78.1 Å². The molecule has 0 spiro atoms. The zero-order valence-electron chi connectivity index (χ0n) is 26.2. The van der Waals surface area contributed by atoms with Crippen LogP contribution < -0.4 is 10.6 Å². The first kappa shape index (κ1) is 32.6. The molecule has 3 aliphatic heterocycles. The van der Waals surface area contributed by atoms with Crippen molar-refractivity contribution in [2.75, 3.05) is 12.4 Å². The molecule has 0 saturated carbocycles. The molecule has 5 rings (SSSR count). The molecular weight excluding hydrogens is 596 g/mol. The second-order valence-electron chi connectivity index (χ2n) is 12.3. The van der Waals surface area contributed by atoms with E-state index in [2.05, 4.69) is 20.6 Å². The summed E-state index contributed by atoms with van der Waals surface area (Å²) < 4.78 is 0. The monoisotopic (exact) mass is 638 g/mol.